The van der Waals surface area contributed by atoms with Gasteiger partial charge in [0.05, 0.1) is 11.1 Å². The third-order valence-electron chi connectivity index (χ3n) is 5.52. The number of rotatable bonds is 8. The molecule has 1 aliphatic heterocycles. The SMILES string of the molecule is CN(C)C1CCN(c2ncc(Sc3ccc(C(N)=O)cc3)c(OCc3cccc(F)c3)n2)C1. The van der Waals surface area contributed by atoms with Gasteiger partial charge >= 0.3 is 0 Å². The maximum atomic E-state index is 13.6. The molecule has 2 aromatic carbocycles. The summed E-state index contributed by atoms with van der Waals surface area (Å²) in [5, 5.41) is 0. The molecule has 1 atom stereocenters. The zero-order valence-electron chi connectivity index (χ0n) is 18.6. The molecule has 0 bridgehead atoms. The molecule has 2 heterocycles. The first kappa shape index (κ1) is 23.0. The molecule has 0 aliphatic carbocycles. The molecule has 1 saturated heterocycles. The Balaban J connectivity index is 1.58. The van der Waals surface area contributed by atoms with Crippen LogP contribution in [0, 0.1) is 5.82 Å². The molecule has 1 aromatic heterocycles. The number of benzene rings is 2. The van der Waals surface area contributed by atoms with Crippen LogP contribution in [0.2, 0.25) is 0 Å². The quantitative estimate of drug-likeness (QED) is 0.542. The van der Waals surface area contributed by atoms with E-state index in [2.05, 4.69) is 28.9 Å². The molecule has 1 fully saturated rings. The molecule has 0 radical (unpaired) electrons. The number of anilines is 1. The van der Waals surface area contributed by atoms with Crippen LogP contribution < -0.4 is 15.4 Å². The number of ether oxygens (including phenoxy) is 1. The molecule has 0 saturated carbocycles. The highest BCUT2D eigenvalue weighted by molar-refractivity contribution is 7.99. The fourth-order valence-electron chi connectivity index (χ4n) is 3.61. The normalized spacial score (nSPS) is 15.8. The average Bonchev–Trinajstić information content (AvgIpc) is 3.30. The van der Waals surface area contributed by atoms with E-state index in [1.807, 2.05) is 18.2 Å². The van der Waals surface area contributed by atoms with Crippen molar-refractivity contribution >= 4 is 23.6 Å². The van der Waals surface area contributed by atoms with E-state index in [1.54, 1.807) is 24.4 Å². The van der Waals surface area contributed by atoms with E-state index >= 15 is 0 Å². The van der Waals surface area contributed by atoms with E-state index in [9.17, 15) is 9.18 Å². The van der Waals surface area contributed by atoms with Crippen LogP contribution in [0.15, 0.2) is 64.5 Å². The summed E-state index contributed by atoms with van der Waals surface area (Å²) in [6.07, 6.45) is 2.79. The molecule has 1 aliphatic rings. The summed E-state index contributed by atoms with van der Waals surface area (Å²) in [6.45, 7) is 1.90. The van der Waals surface area contributed by atoms with Crippen LogP contribution in [0.3, 0.4) is 0 Å². The van der Waals surface area contributed by atoms with Crippen molar-refractivity contribution in [3.05, 3.63) is 71.7 Å². The van der Waals surface area contributed by atoms with Crippen LogP contribution >= 0.6 is 11.8 Å². The maximum Gasteiger partial charge on any atom is 0.248 e. The molecular formula is C24H26FN5O2S. The lowest BCUT2D eigenvalue weighted by molar-refractivity contribution is 0.1000. The van der Waals surface area contributed by atoms with Gasteiger partial charge in [0.25, 0.3) is 0 Å². The standard InChI is InChI=1S/C24H26FN5O2S/c1-29(2)19-10-11-30(14-19)24-27-13-21(33-20-8-6-17(7-9-20)22(26)31)23(28-24)32-15-16-4-3-5-18(25)12-16/h3-9,12-13,19H,10-11,14-15H2,1-2H3,(H2,26,31). The van der Waals surface area contributed by atoms with Gasteiger partial charge in [0.2, 0.25) is 17.7 Å². The molecule has 7 nitrogen and oxygen atoms in total. The molecule has 0 spiro atoms. The van der Waals surface area contributed by atoms with Gasteiger partial charge in [0, 0.05) is 29.6 Å². The topological polar surface area (TPSA) is 84.6 Å². The molecule has 2 N–H and O–H groups in total. The summed E-state index contributed by atoms with van der Waals surface area (Å²) >= 11 is 1.43. The van der Waals surface area contributed by atoms with Crippen molar-refractivity contribution in [2.75, 3.05) is 32.1 Å². The zero-order valence-corrected chi connectivity index (χ0v) is 19.4. The van der Waals surface area contributed by atoms with Crippen molar-refractivity contribution in [1.82, 2.24) is 14.9 Å². The van der Waals surface area contributed by atoms with Crippen LogP contribution in [0.5, 0.6) is 5.88 Å². The van der Waals surface area contributed by atoms with Gasteiger partial charge in [-0.15, -0.1) is 0 Å². The fourth-order valence-corrected chi connectivity index (χ4v) is 4.43. The highest BCUT2D eigenvalue weighted by atomic mass is 32.2. The Kier molecular flexibility index (Phi) is 7.10. The first-order valence-electron chi connectivity index (χ1n) is 10.6. The molecule has 9 heteroatoms. The number of halogens is 1. The van der Waals surface area contributed by atoms with Crippen LogP contribution in [0.4, 0.5) is 10.3 Å². The van der Waals surface area contributed by atoms with Crippen molar-refractivity contribution in [1.29, 1.82) is 0 Å². The monoisotopic (exact) mass is 467 g/mol. The van der Waals surface area contributed by atoms with E-state index < -0.39 is 5.91 Å². The lowest BCUT2D eigenvalue weighted by Gasteiger charge is -2.21. The summed E-state index contributed by atoms with van der Waals surface area (Å²) in [4.78, 5) is 26.6. The third-order valence-corrected chi connectivity index (χ3v) is 6.53. The Labute approximate surface area is 196 Å². The first-order valence-corrected chi connectivity index (χ1v) is 11.4. The molecular weight excluding hydrogens is 441 g/mol. The predicted octanol–water partition coefficient (Wildman–Crippen LogP) is 3.59. The largest absolute Gasteiger partial charge is 0.472 e. The minimum absolute atomic E-state index is 0.183. The average molecular weight is 468 g/mol. The Morgan fingerprint density at radius 2 is 2.06 bits per heavy atom. The summed E-state index contributed by atoms with van der Waals surface area (Å²) in [7, 11) is 4.15. The number of nitrogens with zero attached hydrogens (tertiary/aromatic N) is 4. The molecule has 4 rings (SSSR count). The molecule has 1 amide bonds. The number of carbonyl (C=O) groups is 1. The maximum absolute atomic E-state index is 13.6. The van der Waals surface area contributed by atoms with Gasteiger partial charge in [-0.05, 0) is 62.5 Å². The number of aromatic nitrogens is 2. The smallest absolute Gasteiger partial charge is 0.248 e. The van der Waals surface area contributed by atoms with E-state index in [-0.39, 0.29) is 12.4 Å². The second-order valence-corrected chi connectivity index (χ2v) is 9.22. The molecule has 3 aromatic rings. The minimum atomic E-state index is -0.472. The predicted molar refractivity (Wildman–Crippen MR) is 126 cm³/mol. The Hall–Kier alpha value is -3.17. The van der Waals surface area contributed by atoms with Gasteiger partial charge in [-0.3, -0.25) is 4.79 Å². The minimum Gasteiger partial charge on any atom is -0.472 e. The van der Waals surface area contributed by atoms with E-state index in [0.29, 0.717) is 29.0 Å². The zero-order chi connectivity index (χ0) is 23.4. The second-order valence-electron chi connectivity index (χ2n) is 8.10. The number of hydrogen-bond acceptors (Lipinski definition) is 7. The summed E-state index contributed by atoms with van der Waals surface area (Å²) in [5.74, 6) is 0.263. The molecule has 172 valence electrons. The van der Waals surface area contributed by atoms with E-state index in [4.69, 9.17) is 15.5 Å². The summed E-state index contributed by atoms with van der Waals surface area (Å²) in [5.41, 5.74) is 6.49. The summed E-state index contributed by atoms with van der Waals surface area (Å²) in [6, 6.07) is 13.7. The number of primary amides is 1. The Morgan fingerprint density at radius 3 is 2.73 bits per heavy atom. The molecule has 33 heavy (non-hydrogen) atoms. The van der Waals surface area contributed by atoms with Gasteiger partial charge < -0.3 is 20.3 Å². The first-order chi connectivity index (χ1) is 15.9. The van der Waals surface area contributed by atoms with Crippen molar-refractivity contribution in [3.63, 3.8) is 0 Å². The van der Waals surface area contributed by atoms with Crippen LogP contribution in [0.25, 0.3) is 0 Å². The Bertz CT molecular complexity index is 1130. The Morgan fingerprint density at radius 1 is 1.27 bits per heavy atom. The fraction of sp³-hybridized carbons (Fsp3) is 0.292. The van der Waals surface area contributed by atoms with Crippen LogP contribution in [-0.2, 0) is 6.61 Å². The van der Waals surface area contributed by atoms with Crippen LogP contribution in [0.1, 0.15) is 22.3 Å². The van der Waals surface area contributed by atoms with Gasteiger partial charge in [-0.1, -0.05) is 23.9 Å². The van der Waals surface area contributed by atoms with Gasteiger partial charge in [-0.25, -0.2) is 9.37 Å². The number of nitrogens with two attached hydrogens (primary N) is 1. The van der Waals surface area contributed by atoms with Crippen molar-refractivity contribution in [2.45, 2.75) is 28.9 Å². The third kappa shape index (κ3) is 5.80. The number of amides is 1. The van der Waals surface area contributed by atoms with Gasteiger partial charge in [0.1, 0.15) is 12.4 Å². The van der Waals surface area contributed by atoms with Gasteiger partial charge in [0.15, 0.2) is 0 Å². The van der Waals surface area contributed by atoms with Crippen molar-refractivity contribution in [3.8, 4) is 5.88 Å². The lowest BCUT2D eigenvalue weighted by atomic mass is 10.2. The van der Waals surface area contributed by atoms with Crippen molar-refractivity contribution < 1.29 is 13.9 Å². The molecule has 1 unspecified atom stereocenters. The highest BCUT2D eigenvalue weighted by Gasteiger charge is 2.26. The van der Waals surface area contributed by atoms with E-state index in [0.717, 1.165) is 29.3 Å². The van der Waals surface area contributed by atoms with Crippen molar-refractivity contribution in [2.24, 2.45) is 5.73 Å². The van der Waals surface area contributed by atoms with Crippen LogP contribution in [-0.4, -0.2) is 54.0 Å². The number of carbonyl (C=O) groups excluding carboxylic acids is 1. The second kappa shape index (κ2) is 10.2. The van der Waals surface area contributed by atoms with E-state index in [1.165, 1.54) is 23.9 Å². The number of likely N-dealkylation sites (N-methyl/N-ethyl adjacent to an activating group) is 1. The highest BCUT2D eigenvalue weighted by Crippen LogP contribution is 2.35. The van der Waals surface area contributed by atoms with Gasteiger partial charge in [-0.2, -0.15) is 4.98 Å². The number of hydrogen-bond donors (Lipinski definition) is 1. The lowest BCUT2D eigenvalue weighted by Crippen LogP contribution is -2.32. The summed E-state index contributed by atoms with van der Waals surface area (Å²) < 4.78 is 19.6.